The van der Waals surface area contributed by atoms with Gasteiger partial charge in [-0.3, -0.25) is 4.90 Å². The highest BCUT2D eigenvalue weighted by Crippen LogP contribution is 2.17. The molecule has 0 saturated heterocycles. The first kappa shape index (κ1) is 13.5. The van der Waals surface area contributed by atoms with Crippen molar-refractivity contribution in [2.75, 3.05) is 7.05 Å². The summed E-state index contributed by atoms with van der Waals surface area (Å²) < 4.78 is 0. The maximum Gasteiger partial charge on any atom is 0.128 e. The summed E-state index contributed by atoms with van der Waals surface area (Å²) in [5.41, 5.74) is 2.05. The topological polar surface area (TPSA) is 54.8 Å². The first-order valence-electron chi connectivity index (χ1n) is 6.47. The van der Waals surface area contributed by atoms with Gasteiger partial charge >= 0.3 is 0 Å². The van der Waals surface area contributed by atoms with E-state index in [2.05, 4.69) is 45.7 Å². The molecule has 19 heavy (non-hydrogen) atoms. The quantitative estimate of drug-likeness (QED) is 0.820. The normalized spacial score (nSPS) is 12.6. The van der Waals surface area contributed by atoms with Crippen molar-refractivity contribution in [3.05, 3.63) is 48.1 Å². The van der Waals surface area contributed by atoms with Gasteiger partial charge in [0, 0.05) is 31.4 Å². The maximum absolute atomic E-state index is 4.52. The van der Waals surface area contributed by atoms with Gasteiger partial charge in [0.15, 0.2) is 0 Å². The first-order chi connectivity index (χ1) is 9.20. The van der Waals surface area contributed by atoms with Crippen molar-refractivity contribution in [1.29, 1.82) is 0 Å². The summed E-state index contributed by atoms with van der Waals surface area (Å²) in [6.07, 6.45) is 6.04. The lowest BCUT2D eigenvalue weighted by molar-refractivity contribution is 0.245. The van der Waals surface area contributed by atoms with Crippen molar-refractivity contribution < 1.29 is 0 Å². The number of nitrogens with zero attached hydrogens (tertiary/aromatic N) is 5. The van der Waals surface area contributed by atoms with Crippen LogP contribution in [-0.4, -0.2) is 31.9 Å². The molecule has 0 aromatic carbocycles. The molecule has 2 aromatic rings. The lowest BCUT2D eigenvalue weighted by atomic mass is 10.2. The van der Waals surface area contributed by atoms with Gasteiger partial charge in [0.2, 0.25) is 0 Å². The van der Waals surface area contributed by atoms with Crippen molar-refractivity contribution in [2.45, 2.75) is 32.9 Å². The molecule has 2 rings (SSSR count). The van der Waals surface area contributed by atoms with E-state index in [4.69, 9.17) is 0 Å². The number of rotatable bonds is 5. The third-order valence-corrected chi connectivity index (χ3v) is 3.18. The Hall–Kier alpha value is -1.88. The minimum atomic E-state index is 0.225. The van der Waals surface area contributed by atoms with Gasteiger partial charge in [-0.2, -0.15) is 0 Å². The highest BCUT2D eigenvalue weighted by molar-refractivity contribution is 5.06. The molecule has 2 heterocycles. The smallest absolute Gasteiger partial charge is 0.128 e. The van der Waals surface area contributed by atoms with Crippen molar-refractivity contribution in [1.82, 2.24) is 24.8 Å². The van der Waals surface area contributed by atoms with Crippen LogP contribution in [0, 0.1) is 0 Å². The third-order valence-electron chi connectivity index (χ3n) is 3.18. The molecular formula is C14H19N5. The van der Waals surface area contributed by atoms with Gasteiger partial charge in [-0.1, -0.05) is 6.92 Å². The monoisotopic (exact) mass is 257 g/mol. The van der Waals surface area contributed by atoms with Crippen LogP contribution in [-0.2, 0) is 13.0 Å². The Kier molecular flexibility index (Phi) is 4.52. The fourth-order valence-corrected chi connectivity index (χ4v) is 1.87. The van der Waals surface area contributed by atoms with E-state index >= 15 is 0 Å². The molecule has 0 bridgehead atoms. The maximum atomic E-state index is 4.52. The van der Waals surface area contributed by atoms with E-state index in [0.717, 1.165) is 30.2 Å². The minimum absolute atomic E-state index is 0.225. The molecule has 0 aliphatic carbocycles. The Morgan fingerprint density at radius 1 is 1.21 bits per heavy atom. The average Bonchev–Trinajstić information content (AvgIpc) is 2.47. The summed E-state index contributed by atoms with van der Waals surface area (Å²) in [5, 5.41) is 0. The molecule has 0 amide bonds. The average molecular weight is 257 g/mol. The van der Waals surface area contributed by atoms with Crippen LogP contribution in [0.15, 0.2) is 30.9 Å². The second-order valence-electron chi connectivity index (χ2n) is 4.54. The molecule has 100 valence electrons. The van der Waals surface area contributed by atoms with Gasteiger partial charge < -0.3 is 0 Å². The lowest BCUT2D eigenvalue weighted by Gasteiger charge is -2.23. The molecule has 5 nitrogen and oxygen atoms in total. The predicted molar refractivity (Wildman–Crippen MR) is 73.3 cm³/mol. The number of hydrogen-bond acceptors (Lipinski definition) is 5. The molecule has 0 aliphatic heterocycles. The van der Waals surface area contributed by atoms with E-state index in [1.54, 1.807) is 12.5 Å². The zero-order valence-electron chi connectivity index (χ0n) is 11.6. The molecule has 2 aromatic heterocycles. The van der Waals surface area contributed by atoms with Gasteiger partial charge in [0.1, 0.15) is 12.2 Å². The zero-order chi connectivity index (χ0) is 13.7. The van der Waals surface area contributed by atoms with E-state index in [9.17, 15) is 0 Å². The van der Waals surface area contributed by atoms with Crippen molar-refractivity contribution in [2.24, 2.45) is 0 Å². The molecule has 0 N–H and O–H groups in total. The minimum Gasteiger partial charge on any atom is -0.292 e. The van der Waals surface area contributed by atoms with Crippen molar-refractivity contribution >= 4 is 0 Å². The fourth-order valence-electron chi connectivity index (χ4n) is 1.87. The van der Waals surface area contributed by atoms with Crippen LogP contribution in [0.5, 0.6) is 0 Å². The summed E-state index contributed by atoms with van der Waals surface area (Å²) in [6, 6.07) is 4.13. The Labute approximate surface area is 113 Å². The summed E-state index contributed by atoms with van der Waals surface area (Å²) in [4.78, 5) is 19.2. The highest BCUT2D eigenvalue weighted by atomic mass is 15.1. The number of aryl methyl sites for hydroxylation is 1. The lowest BCUT2D eigenvalue weighted by Crippen LogP contribution is -2.23. The molecule has 0 radical (unpaired) electrons. The van der Waals surface area contributed by atoms with Crippen LogP contribution in [0.25, 0.3) is 0 Å². The second kappa shape index (κ2) is 6.33. The van der Waals surface area contributed by atoms with E-state index in [1.165, 1.54) is 0 Å². The zero-order valence-corrected chi connectivity index (χ0v) is 11.6. The molecule has 0 aliphatic rings. The van der Waals surface area contributed by atoms with E-state index in [1.807, 2.05) is 18.3 Å². The summed E-state index contributed by atoms with van der Waals surface area (Å²) >= 11 is 0. The van der Waals surface area contributed by atoms with Crippen LogP contribution < -0.4 is 0 Å². The predicted octanol–water partition coefficient (Wildman–Crippen LogP) is 2.02. The Bertz CT molecular complexity index is 514. The number of aromatic nitrogens is 4. The van der Waals surface area contributed by atoms with Gasteiger partial charge in [0.25, 0.3) is 0 Å². The molecule has 1 atom stereocenters. The third kappa shape index (κ3) is 3.54. The summed E-state index contributed by atoms with van der Waals surface area (Å²) in [5.74, 6) is 0.889. The Balaban J connectivity index is 2.06. The molecule has 1 unspecified atom stereocenters. The summed E-state index contributed by atoms with van der Waals surface area (Å²) in [7, 11) is 2.07. The van der Waals surface area contributed by atoms with Crippen molar-refractivity contribution in [3.8, 4) is 0 Å². The van der Waals surface area contributed by atoms with Crippen LogP contribution >= 0.6 is 0 Å². The van der Waals surface area contributed by atoms with E-state index in [-0.39, 0.29) is 6.04 Å². The van der Waals surface area contributed by atoms with Gasteiger partial charge in [-0.15, -0.1) is 0 Å². The van der Waals surface area contributed by atoms with Crippen LogP contribution in [0.2, 0.25) is 0 Å². The van der Waals surface area contributed by atoms with Gasteiger partial charge in [-0.25, -0.2) is 19.9 Å². The fraction of sp³-hybridized carbons (Fsp3) is 0.429. The van der Waals surface area contributed by atoms with Gasteiger partial charge in [-0.05, 0) is 26.1 Å². The molecular weight excluding hydrogens is 238 g/mol. The number of hydrogen-bond donors (Lipinski definition) is 0. The SMILES string of the molecule is CCc1nccc(CN(C)C(C)c2ccncn2)n1. The highest BCUT2D eigenvalue weighted by Gasteiger charge is 2.13. The van der Waals surface area contributed by atoms with Crippen LogP contribution in [0.4, 0.5) is 0 Å². The van der Waals surface area contributed by atoms with Crippen LogP contribution in [0.1, 0.15) is 37.1 Å². The van der Waals surface area contributed by atoms with Crippen molar-refractivity contribution in [3.63, 3.8) is 0 Å². The molecule has 0 saturated carbocycles. The molecule has 5 heteroatoms. The largest absolute Gasteiger partial charge is 0.292 e. The Morgan fingerprint density at radius 3 is 2.74 bits per heavy atom. The summed E-state index contributed by atoms with van der Waals surface area (Å²) in [6.45, 7) is 4.97. The Morgan fingerprint density at radius 2 is 2.05 bits per heavy atom. The molecule has 0 spiro atoms. The molecule has 0 fully saturated rings. The van der Waals surface area contributed by atoms with Gasteiger partial charge in [0.05, 0.1) is 11.4 Å². The van der Waals surface area contributed by atoms with E-state index < -0.39 is 0 Å². The second-order valence-corrected chi connectivity index (χ2v) is 4.54. The first-order valence-corrected chi connectivity index (χ1v) is 6.47. The van der Waals surface area contributed by atoms with Crippen LogP contribution in [0.3, 0.4) is 0 Å². The van der Waals surface area contributed by atoms with E-state index in [0.29, 0.717) is 0 Å². The standard InChI is InChI=1S/C14H19N5/c1-4-14-16-8-5-12(18-14)9-19(3)11(2)13-6-7-15-10-17-13/h5-8,10-11H,4,9H2,1-3H3.